The van der Waals surface area contributed by atoms with Crippen LogP contribution in [0.5, 0.6) is 0 Å². The third-order valence-electron chi connectivity index (χ3n) is 4.91. The second-order valence-electron chi connectivity index (χ2n) is 6.48. The molecule has 1 saturated carbocycles. The van der Waals surface area contributed by atoms with Crippen molar-refractivity contribution in [1.29, 1.82) is 0 Å². The summed E-state index contributed by atoms with van der Waals surface area (Å²) in [7, 11) is 0. The van der Waals surface area contributed by atoms with E-state index in [1.54, 1.807) is 0 Å². The average Bonchev–Trinajstić information content (AvgIpc) is 3.09. The summed E-state index contributed by atoms with van der Waals surface area (Å²) in [6, 6.07) is 10.5. The molecule has 2 aliphatic rings. The van der Waals surface area contributed by atoms with Gasteiger partial charge in [0.15, 0.2) is 0 Å². The molecule has 3 nitrogen and oxygen atoms in total. The molecule has 20 heavy (non-hydrogen) atoms. The number of nitrogens with two attached hydrogens (primary N) is 1. The molecule has 0 spiro atoms. The highest BCUT2D eigenvalue weighted by molar-refractivity contribution is 5.78. The number of carbonyl (C=O) groups is 1. The zero-order valence-corrected chi connectivity index (χ0v) is 12.1. The van der Waals surface area contributed by atoms with Gasteiger partial charge in [-0.3, -0.25) is 4.79 Å². The van der Waals surface area contributed by atoms with Gasteiger partial charge in [0.25, 0.3) is 0 Å². The number of carbonyl (C=O) groups excluding carboxylic acids is 1. The lowest BCUT2D eigenvalue weighted by Crippen LogP contribution is -2.43. The van der Waals surface area contributed by atoms with Crippen molar-refractivity contribution in [3.8, 4) is 0 Å². The first kappa shape index (κ1) is 13.6. The largest absolute Gasteiger partial charge is 0.342 e. The summed E-state index contributed by atoms with van der Waals surface area (Å²) < 4.78 is 0. The fourth-order valence-electron chi connectivity index (χ4n) is 3.65. The molecule has 108 valence electrons. The van der Waals surface area contributed by atoms with E-state index < -0.39 is 0 Å². The van der Waals surface area contributed by atoms with Gasteiger partial charge in [-0.2, -0.15) is 0 Å². The number of hydrogen-bond donors (Lipinski definition) is 1. The molecule has 1 aliphatic carbocycles. The van der Waals surface area contributed by atoms with E-state index in [1.165, 1.54) is 18.4 Å². The number of benzene rings is 1. The van der Waals surface area contributed by atoms with E-state index in [1.807, 2.05) is 11.0 Å². The number of amides is 1. The summed E-state index contributed by atoms with van der Waals surface area (Å²) in [5, 5.41) is 0. The summed E-state index contributed by atoms with van der Waals surface area (Å²) in [6.07, 6.45) is 5.98. The molecular weight excluding hydrogens is 248 g/mol. The van der Waals surface area contributed by atoms with E-state index in [9.17, 15) is 4.79 Å². The molecule has 1 aromatic rings. The molecular formula is C17H24N2O. The van der Waals surface area contributed by atoms with Crippen LogP contribution in [0.2, 0.25) is 0 Å². The molecule has 3 rings (SSSR count). The Bertz CT molecular complexity index is 465. The van der Waals surface area contributed by atoms with Gasteiger partial charge in [0.05, 0.1) is 0 Å². The molecule has 0 aromatic heterocycles. The zero-order valence-electron chi connectivity index (χ0n) is 12.1. The minimum absolute atomic E-state index is 0.220. The fraction of sp³-hybridized carbons (Fsp3) is 0.588. The van der Waals surface area contributed by atoms with Crippen LogP contribution in [0.25, 0.3) is 0 Å². The van der Waals surface area contributed by atoms with Crippen LogP contribution in [-0.4, -0.2) is 29.4 Å². The minimum Gasteiger partial charge on any atom is -0.342 e. The molecule has 2 fully saturated rings. The first-order chi connectivity index (χ1) is 9.66. The topological polar surface area (TPSA) is 46.3 Å². The van der Waals surface area contributed by atoms with Crippen molar-refractivity contribution in [3.63, 3.8) is 0 Å². The Morgan fingerprint density at radius 1 is 1.25 bits per heavy atom. The number of likely N-dealkylation sites (tertiary alicyclic amines) is 1. The molecule has 1 amide bonds. The van der Waals surface area contributed by atoms with Crippen molar-refractivity contribution in [2.75, 3.05) is 13.1 Å². The standard InChI is InChI=1S/C17H24N2O/c18-17(9-4-5-10-17)12-16(20)19-11-8-15(13-19)14-6-2-1-3-7-14/h1-3,6-7,15H,4-5,8-13,18H2. The van der Waals surface area contributed by atoms with E-state index in [0.29, 0.717) is 12.3 Å². The Morgan fingerprint density at radius 3 is 2.65 bits per heavy atom. The lowest BCUT2D eigenvalue weighted by molar-refractivity contribution is -0.131. The molecule has 1 unspecified atom stereocenters. The second-order valence-corrected chi connectivity index (χ2v) is 6.48. The minimum atomic E-state index is -0.220. The van der Waals surface area contributed by atoms with Crippen molar-refractivity contribution in [3.05, 3.63) is 35.9 Å². The van der Waals surface area contributed by atoms with Crippen LogP contribution in [0.3, 0.4) is 0 Å². The summed E-state index contributed by atoms with van der Waals surface area (Å²) in [5.41, 5.74) is 7.46. The Labute approximate surface area is 121 Å². The van der Waals surface area contributed by atoms with Gasteiger partial charge in [0, 0.05) is 31.0 Å². The Hall–Kier alpha value is -1.35. The smallest absolute Gasteiger partial charge is 0.224 e. The quantitative estimate of drug-likeness (QED) is 0.919. The second kappa shape index (κ2) is 5.57. The van der Waals surface area contributed by atoms with E-state index in [2.05, 4.69) is 24.3 Å². The summed E-state index contributed by atoms with van der Waals surface area (Å²) in [5.74, 6) is 0.755. The lowest BCUT2D eigenvalue weighted by Gasteiger charge is -2.26. The Kier molecular flexibility index (Phi) is 3.79. The van der Waals surface area contributed by atoms with Crippen LogP contribution in [-0.2, 0) is 4.79 Å². The molecule has 1 heterocycles. The third kappa shape index (κ3) is 2.88. The van der Waals surface area contributed by atoms with Gasteiger partial charge in [0.1, 0.15) is 0 Å². The molecule has 1 saturated heterocycles. The van der Waals surface area contributed by atoms with Crippen molar-refractivity contribution in [2.24, 2.45) is 5.73 Å². The van der Waals surface area contributed by atoms with E-state index in [-0.39, 0.29) is 11.4 Å². The number of nitrogens with zero attached hydrogens (tertiary/aromatic N) is 1. The predicted molar refractivity (Wildman–Crippen MR) is 80.4 cm³/mol. The maximum Gasteiger partial charge on any atom is 0.224 e. The SMILES string of the molecule is NC1(CC(=O)N2CCC(c3ccccc3)C2)CCCC1. The first-order valence-electron chi connectivity index (χ1n) is 7.78. The van der Waals surface area contributed by atoms with Gasteiger partial charge in [0.2, 0.25) is 5.91 Å². The molecule has 2 N–H and O–H groups in total. The molecule has 1 aliphatic heterocycles. The molecule has 3 heteroatoms. The van der Waals surface area contributed by atoms with Crippen LogP contribution in [0.15, 0.2) is 30.3 Å². The van der Waals surface area contributed by atoms with Crippen LogP contribution >= 0.6 is 0 Å². The van der Waals surface area contributed by atoms with Crippen LogP contribution in [0, 0.1) is 0 Å². The van der Waals surface area contributed by atoms with Gasteiger partial charge in [-0.15, -0.1) is 0 Å². The van der Waals surface area contributed by atoms with Crippen molar-refractivity contribution >= 4 is 5.91 Å². The monoisotopic (exact) mass is 272 g/mol. The van der Waals surface area contributed by atoms with Crippen molar-refractivity contribution in [2.45, 2.75) is 50.0 Å². The molecule has 1 atom stereocenters. The maximum atomic E-state index is 12.4. The number of rotatable bonds is 3. The van der Waals surface area contributed by atoms with Gasteiger partial charge >= 0.3 is 0 Å². The molecule has 0 radical (unpaired) electrons. The average molecular weight is 272 g/mol. The van der Waals surface area contributed by atoms with E-state index in [0.717, 1.165) is 32.4 Å². The molecule has 1 aromatic carbocycles. The Balaban J connectivity index is 1.58. The van der Waals surface area contributed by atoms with Crippen molar-refractivity contribution in [1.82, 2.24) is 4.90 Å². The van der Waals surface area contributed by atoms with Gasteiger partial charge in [-0.25, -0.2) is 0 Å². The highest BCUT2D eigenvalue weighted by atomic mass is 16.2. The first-order valence-corrected chi connectivity index (χ1v) is 7.78. The number of hydrogen-bond acceptors (Lipinski definition) is 2. The normalized spacial score (nSPS) is 25.1. The summed E-state index contributed by atoms with van der Waals surface area (Å²) >= 11 is 0. The van der Waals surface area contributed by atoms with E-state index in [4.69, 9.17) is 5.73 Å². The Morgan fingerprint density at radius 2 is 1.95 bits per heavy atom. The van der Waals surface area contributed by atoms with Gasteiger partial charge in [-0.05, 0) is 24.8 Å². The lowest BCUT2D eigenvalue weighted by atomic mass is 9.94. The fourth-order valence-corrected chi connectivity index (χ4v) is 3.65. The highest BCUT2D eigenvalue weighted by Crippen LogP contribution is 2.32. The van der Waals surface area contributed by atoms with Crippen molar-refractivity contribution < 1.29 is 4.79 Å². The van der Waals surface area contributed by atoms with Gasteiger partial charge in [-0.1, -0.05) is 43.2 Å². The van der Waals surface area contributed by atoms with E-state index >= 15 is 0 Å². The molecule has 0 bridgehead atoms. The highest BCUT2D eigenvalue weighted by Gasteiger charge is 2.35. The summed E-state index contributed by atoms with van der Waals surface area (Å²) in [6.45, 7) is 1.74. The third-order valence-corrected chi connectivity index (χ3v) is 4.91. The predicted octanol–water partition coefficient (Wildman–Crippen LogP) is 2.66. The zero-order chi connectivity index (χ0) is 14.0. The van der Waals surface area contributed by atoms with Crippen LogP contribution < -0.4 is 5.73 Å². The van der Waals surface area contributed by atoms with Crippen LogP contribution in [0.1, 0.15) is 50.0 Å². The summed E-state index contributed by atoms with van der Waals surface area (Å²) in [4.78, 5) is 14.4. The van der Waals surface area contributed by atoms with Gasteiger partial charge < -0.3 is 10.6 Å². The maximum absolute atomic E-state index is 12.4. The van der Waals surface area contributed by atoms with Crippen LogP contribution in [0.4, 0.5) is 0 Å².